The SMILES string of the molecule is CNCCN1CCCc2c(-c3cccs3)ccnc21. The van der Waals surface area contributed by atoms with Gasteiger partial charge in [-0.2, -0.15) is 0 Å². The maximum absolute atomic E-state index is 4.63. The van der Waals surface area contributed by atoms with Gasteiger partial charge in [0.25, 0.3) is 0 Å². The molecule has 1 aliphatic rings. The van der Waals surface area contributed by atoms with Crippen LogP contribution in [0.1, 0.15) is 12.0 Å². The minimum Gasteiger partial charge on any atom is -0.355 e. The average molecular weight is 273 g/mol. The van der Waals surface area contributed by atoms with Crippen LogP contribution in [0.25, 0.3) is 10.4 Å². The van der Waals surface area contributed by atoms with Crippen molar-refractivity contribution in [2.24, 2.45) is 0 Å². The van der Waals surface area contributed by atoms with E-state index in [0.717, 1.165) is 26.1 Å². The molecule has 0 aliphatic carbocycles. The summed E-state index contributed by atoms with van der Waals surface area (Å²) in [5.74, 6) is 1.19. The predicted molar refractivity (Wildman–Crippen MR) is 82.0 cm³/mol. The molecule has 0 spiro atoms. The van der Waals surface area contributed by atoms with Crippen molar-refractivity contribution < 1.29 is 0 Å². The summed E-state index contributed by atoms with van der Waals surface area (Å²) in [5, 5.41) is 5.36. The average Bonchev–Trinajstić information content (AvgIpc) is 2.98. The Hall–Kier alpha value is -1.39. The highest BCUT2D eigenvalue weighted by Crippen LogP contribution is 2.35. The zero-order valence-corrected chi connectivity index (χ0v) is 12.0. The minimum atomic E-state index is 1.00. The van der Waals surface area contributed by atoms with Gasteiger partial charge in [-0.25, -0.2) is 4.98 Å². The smallest absolute Gasteiger partial charge is 0.132 e. The Morgan fingerprint density at radius 1 is 1.42 bits per heavy atom. The van der Waals surface area contributed by atoms with Crippen LogP contribution in [0.5, 0.6) is 0 Å². The van der Waals surface area contributed by atoms with E-state index in [4.69, 9.17) is 0 Å². The first kappa shape index (κ1) is 12.6. The molecule has 0 radical (unpaired) electrons. The Kier molecular flexibility index (Phi) is 3.80. The molecule has 1 aliphatic heterocycles. The van der Waals surface area contributed by atoms with Crippen LogP contribution in [0, 0.1) is 0 Å². The standard InChI is InChI=1S/C15H19N3S/c1-16-8-10-18-9-2-4-13-12(6-7-17-15(13)18)14-5-3-11-19-14/h3,5-7,11,16H,2,4,8-10H2,1H3. The number of pyridine rings is 1. The molecular formula is C15H19N3S. The van der Waals surface area contributed by atoms with Gasteiger partial charge < -0.3 is 10.2 Å². The van der Waals surface area contributed by atoms with Crippen molar-refractivity contribution in [2.75, 3.05) is 31.6 Å². The zero-order chi connectivity index (χ0) is 13.1. The van der Waals surface area contributed by atoms with Crippen molar-refractivity contribution in [1.82, 2.24) is 10.3 Å². The fourth-order valence-electron chi connectivity index (χ4n) is 2.68. The number of nitrogens with one attached hydrogen (secondary N) is 1. The van der Waals surface area contributed by atoms with E-state index in [1.165, 1.54) is 28.2 Å². The maximum Gasteiger partial charge on any atom is 0.132 e. The molecule has 0 saturated carbocycles. The van der Waals surface area contributed by atoms with E-state index < -0.39 is 0 Å². The molecule has 3 heterocycles. The molecule has 0 amide bonds. The van der Waals surface area contributed by atoms with Crippen molar-refractivity contribution in [2.45, 2.75) is 12.8 Å². The highest BCUT2D eigenvalue weighted by atomic mass is 32.1. The predicted octanol–water partition coefficient (Wildman–Crippen LogP) is 2.78. The van der Waals surface area contributed by atoms with Crippen LogP contribution in [-0.2, 0) is 6.42 Å². The molecule has 2 aromatic heterocycles. The Labute approximate surface area is 118 Å². The Morgan fingerprint density at radius 3 is 3.16 bits per heavy atom. The first-order valence-corrected chi connectivity index (χ1v) is 7.69. The zero-order valence-electron chi connectivity index (χ0n) is 11.2. The van der Waals surface area contributed by atoms with Crippen molar-refractivity contribution in [3.8, 4) is 10.4 Å². The molecule has 0 atom stereocenters. The van der Waals surface area contributed by atoms with Crippen LogP contribution >= 0.6 is 11.3 Å². The van der Waals surface area contributed by atoms with Crippen LogP contribution < -0.4 is 10.2 Å². The lowest BCUT2D eigenvalue weighted by Crippen LogP contribution is -2.35. The molecular weight excluding hydrogens is 254 g/mol. The summed E-state index contributed by atoms with van der Waals surface area (Å²) in [6.07, 6.45) is 4.32. The molecule has 100 valence electrons. The van der Waals surface area contributed by atoms with Crippen LogP contribution in [0.3, 0.4) is 0 Å². The van der Waals surface area contributed by atoms with E-state index in [1.54, 1.807) is 0 Å². The number of thiophene rings is 1. The quantitative estimate of drug-likeness (QED) is 0.928. The normalized spacial score (nSPS) is 14.5. The van der Waals surface area contributed by atoms with Crippen LogP contribution in [0.15, 0.2) is 29.8 Å². The highest BCUT2D eigenvalue weighted by molar-refractivity contribution is 7.13. The van der Waals surface area contributed by atoms with E-state index >= 15 is 0 Å². The largest absolute Gasteiger partial charge is 0.355 e. The number of nitrogens with zero attached hydrogens (tertiary/aromatic N) is 2. The van der Waals surface area contributed by atoms with Gasteiger partial charge in [-0.15, -0.1) is 11.3 Å². The molecule has 0 saturated heterocycles. The number of hydrogen-bond donors (Lipinski definition) is 1. The molecule has 0 fully saturated rings. The van der Waals surface area contributed by atoms with Gasteiger partial charge in [0.05, 0.1) is 0 Å². The van der Waals surface area contributed by atoms with E-state index in [1.807, 2.05) is 24.6 Å². The van der Waals surface area contributed by atoms with E-state index in [0.29, 0.717) is 0 Å². The summed E-state index contributed by atoms with van der Waals surface area (Å²) in [7, 11) is 2.00. The third kappa shape index (κ3) is 2.51. The molecule has 0 unspecified atom stereocenters. The van der Waals surface area contributed by atoms with Crippen molar-refractivity contribution >= 4 is 17.2 Å². The number of anilines is 1. The van der Waals surface area contributed by atoms with E-state index in [-0.39, 0.29) is 0 Å². The Balaban J connectivity index is 1.97. The molecule has 3 nitrogen and oxygen atoms in total. The summed E-state index contributed by atoms with van der Waals surface area (Å²) < 4.78 is 0. The maximum atomic E-state index is 4.63. The lowest BCUT2D eigenvalue weighted by Gasteiger charge is -2.31. The second kappa shape index (κ2) is 5.72. The van der Waals surface area contributed by atoms with Gasteiger partial charge in [-0.1, -0.05) is 6.07 Å². The molecule has 1 N–H and O–H groups in total. The monoisotopic (exact) mass is 273 g/mol. The summed E-state index contributed by atoms with van der Waals surface area (Å²) in [4.78, 5) is 8.39. The summed E-state index contributed by atoms with van der Waals surface area (Å²) in [5.41, 5.74) is 2.79. The second-order valence-electron chi connectivity index (χ2n) is 4.83. The first-order chi connectivity index (χ1) is 9.40. The summed E-state index contributed by atoms with van der Waals surface area (Å²) >= 11 is 1.81. The van der Waals surface area contributed by atoms with E-state index in [9.17, 15) is 0 Å². The molecule has 19 heavy (non-hydrogen) atoms. The molecule has 3 rings (SSSR count). The van der Waals surface area contributed by atoms with Gasteiger partial charge >= 0.3 is 0 Å². The topological polar surface area (TPSA) is 28.2 Å². The first-order valence-electron chi connectivity index (χ1n) is 6.81. The number of fused-ring (bicyclic) bond motifs is 1. The molecule has 0 bridgehead atoms. The van der Waals surface area contributed by atoms with Gasteiger partial charge in [0.15, 0.2) is 0 Å². The third-order valence-electron chi connectivity index (χ3n) is 3.61. The summed E-state index contributed by atoms with van der Waals surface area (Å²) in [6, 6.07) is 6.48. The third-order valence-corrected chi connectivity index (χ3v) is 4.51. The van der Waals surface area contributed by atoms with Gasteiger partial charge in [-0.3, -0.25) is 0 Å². The number of hydrogen-bond acceptors (Lipinski definition) is 4. The fraction of sp³-hybridized carbons (Fsp3) is 0.400. The van der Waals surface area contributed by atoms with Crippen molar-refractivity contribution in [1.29, 1.82) is 0 Å². The lowest BCUT2D eigenvalue weighted by molar-refractivity contribution is 0.655. The Morgan fingerprint density at radius 2 is 2.37 bits per heavy atom. The number of rotatable bonds is 4. The van der Waals surface area contributed by atoms with Gasteiger partial charge in [0.1, 0.15) is 5.82 Å². The van der Waals surface area contributed by atoms with Crippen LogP contribution in [0.2, 0.25) is 0 Å². The Bertz CT molecular complexity index is 536. The van der Waals surface area contributed by atoms with Gasteiger partial charge in [-0.05, 0) is 37.4 Å². The number of likely N-dealkylation sites (N-methyl/N-ethyl adjacent to an activating group) is 1. The van der Waals surface area contributed by atoms with Crippen molar-refractivity contribution in [3.63, 3.8) is 0 Å². The van der Waals surface area contributed by atoms with Gasteiger partial charge in [0, 0.05) is 41.8 Å². The fourth-order valence-corrected chi connectivity index (χ4v) is 3.46. The minimum absolute atomic E-state index is 1.00. The van der Waals surface area contributed by atoms with Crippen LogP contribution in [-0.4, -0.2) is 31.7 Å². The lowest BCUT2D eigenvalue weighted by atomic mass is 9.99. The highest BCUT2D eigenvalue weighted by Gasteiger charge is 2.21. The molecule has 0 aromatic carbocycles. The van der Waals surface area contributed by atoms with Crippen molar-refractivity contribution in [3.05, 3.63) is 35.3 Å². The van der Waals surface area contributed by atoms with Crippen LogP contribution in [0.4, 0.5) is 5.82 Å². The second-order valence-corrected chi connectivity index (χ2v) is 5.78. The molecule has 2 aromatic rings. The summed E-state index contributed by atoms with van der Waals surface area (Å²) in [6.45, 7) is 3.16. The number of aromatic nitrogens is 1. The molecule has 4 heteroatoms. The van der Waals surface area contributed by atoms with Gasteiger partial charge in [0.2, 0.25) is 0 Å². The van der Waals surface area contributed by atoms with E-state index in [2.05, 4.69) is 38.8 Å².